The van der Waals surface area contributed by atoms with Crippen molar-refractivity contribution in [2.75, 3.05) is 27.9 Å². The average molecular weight is 653 g/mol. The molecule has 3 aromatic rings. The molecule has 2 aromatic carbocycles. The molecular weight excluding hydrogens is 616 g/mol. The van der Waals surface area contributed by atoms with Gasteiger partial charge >= 0.3 is 0 Å². The second-order valence-corrected chi connectivity index (χ2v) is 10.8. The molecular formula is C30H36O16. The van der Waals surface area contributed by atoms with Gasteiger partial charge in [-0.25, -0.2) is 0 Å². The zero-order valence-electron chi connectivity index (χ0n) is 25.2. The van der Waals surface area contributed by atoms with Crippen molar-refractivity contribution >= 4 is 11.0 Å². The summed E-state index contributed by atoms with van der Waals surface area (Å²) in [6.07, 6.45) is -14.5. The molecule has 7 N–H and O–H groups in total. The molecule has 2 fully saturated rings. The van der Waals surface area contributed by atoms with E-state index in [0.29, 0.717) is 17.1 Å². The molecule has 10 unspecified atom stereocenters. The van der Waals surface area contributed by atoms with Crippen LogP contribution in [-0.2, 0) is 14.2 Å². The van der Waals surface area contributed by atoms with Crippen LogP contribution in [0.2, 0.25) is 0 Å². The van der Waals surface area contributed by atoms with E-state index in [0.717, 1.165) is 6.07 Å². The van der Waals surface area contributed by atoms with Gasteiger partial charge in [-0.05, 0) is 24.6 Å². The zero-order valence-corrected chi connectivity index (χ0v) is 25.2. The minimum absolute atomic E-state index is 0.0606. The van der Waals surface area contributed by atoms with E-state index in [9.17, 15) is 40.5 Å². The van der Waals surface area contributed by atoms with Crippen molar-refractivity contribution in [1.82, 2.24) is 0 Å². The van der Waals surface area contributed by atoms with Crippen LogP contribution >= 0.6 is 0 Å². The number of aliphatic hydroxyl groups excluding tert-OH is 6. The van der Waals surface area contributed by atoms with Gasteiger partial charge in [0, 0.05) is 6.07 Å². The fourth-order valence-electron chi connectivity index (χ4n) is 5.34. The van der Waals surface area contributed by atoms with E-state index in [-0.39, 0.29) is 22.3 Å². The highest BCUT2D eigenvalue weighted by Gasteiger charge is 2.47. The highest BCUT2D eigenvalue weighted by atomic mass is 16.7. The first-order chi connectivity index (χ1) is 21.9. The Morgan fingerprint density at radius 3 is 2.11 bits per heavy atom. The second kappa shape index (κ2) is 13.6. The fraction of sp³-hybridized carbons (Fsp3) is 0.500. The fourth-order valence-corrected chi connectivity index (χ4v) is 5.34. The molecule has 16 heteroatoms. The summed E-state index contributed by atoms with van der Waals surface area (Å²) in [4.78, 5) is 13.9. The minimum Gasteiger partial charge on any atom is -0.504 e. The lowest BCUT2D eigenvalue weighted by Gasteiger charge is -2.42. The van der Waals surface area contributed by atoms with E-state index in [2.05, 4.69) is 0 Å². The first-order valence-electron chi connectivity index (χ1n) is 14.2. The van der Waals surface area contributed by atoms with E-state index in [4.69, 9.17) is 37.6 Å². The monoisotopic (exact) mass is 652 g/mol. The van der Waals surface area contributed by atoms with Crippen molar-refractivity contribution < 1.29 is 73.3 Å². The number of hydrogen-bond donors (Lipinski definition) is 7. The van der Waals surface area contributed by atoms with Gasteiger partial charge in [-0.2, -0.15) is 0 Å². The third-order valence-corrected chi connectivity index (χ3v) is 7.99. The first kappa shape index (κ1) is 33.6. The lowest BCUT2D eigenvalue weighted by molar-refractivity contribution is -0.318. The van der Waals surface area contributed by atoms with Crippen LogP contribution in [0.5, 0.6) is 28.7 Å². The number of phenolic OH excluding ortho intramolecular Hbond substituents is 1. The maximum Gasteiger partial charge on any atom is 0.229 e. The molecule has 2 saturated heterocycles. The van der Waals surface area contributed by atoms with Crippen molar-refractivity contribution in [3.05, 3.63) is 40.8 Å². The van der Waals surface area contributed by atoms with Gasteiger partial charge in [-0.3, -0.25) is 4.79 Å². The number of aliphatic hydroxyl groups is 6. The molecule has 3 heterocycles. The van der Waals surface area contributed by atoms with Crippen LogP contribution in [-0.4, -0.2) is 125 Å². The summed E-state index contributed by atoms with van der Waals surface area (Å²) in [5.74, 6) is -0.463. The highest BCUT2D eigenvalue weighted by molar-refractivity contribution is 5.91. The number of fused-ring (bicyclic) bond motifs is 1. The topological polar surface area (TPSA) is 236 Å². The van der Waals surface area contributed by atoms with Gasteiger partial charge < -0.3 is 73.3 Å². The SMILES string of the molecule is COc1ccc(-c2coc3cc(O)c(OC)c(OC4OC(COC5OC(C)C(O)C(O)C5O)C(O)C(O)C4O)c3c2=O)cc1OC. The van der Waals surface area contributed by atoms with Crippen molar-refractivity contribution in [3.8, 4) is 39.9 Å². The number of hydrogen-bond acceptors (Lipinski definition) is 16. The summed E-state index contributed by atoms with van der Waals surface area (Å²) in [6, 6.07) is 5.88. The Kier molecular flexibility index (Phi) is 9.92. The molecule has 0 bridgehead atoms. The molecule has 0 saturated carbocycles. The standard InChI is InChI=1S/C30H36O16/c1-11-20(32)23(35)25(37)29(44-11)43-10-18-22(34)24(36)26(38)30(45-18)46-28-19-17(8-14(31)27(28)41-4)42-9-13(21(19)33)12-5-6-15(39-2)16(7-12)40-3/h5-9,11,18,20,22-26,29-32,34-38H,10H2,1-4H3. The summed E-state index contributed by atoms with van der Waals surface area (Å²) >= 11 is 0. The van der Waals surface area contributed by atoms with Crippen LogP contribution in [0.15, 0.2) is 39.7 Å². The quantitative estimate of drug-likeness (QED) is 0.150. The average Bonchev–Trinajstić information content (AvgIpc) is 3.05. The molecule has 46 heavy (non-hydrogen) atoms. The Labute approximate surface area is 261 Å². The number of benzene rings is 2. The van der Waals surface area contributed by atoms with Crippen molar-refractivity contribution in [1.29, 1.82) is 0 Å². The maximum absolute atomic E-state index is 13.9. The number of aromatic hydroxyl groups is 1. The predicted molar refractivity (Wildman–Crippen MR) is 155 cm³/mol. The van der Waals surface area contributed by atoms with E-state index >= 15 is 0 Å². The maximum atomic E-state index is 13.9. The van der Waals surface area contributed by atoms with Crippen molar-refractivity contribution in [2.24, 2.45) is 0 Å². The van der Waals surface area contributed by atoms with Crippen LogP contribution in [0.3, 0.4) is 0 Å². The largest absolute Gasteiger partial charge is 0.504 e. The number of methoxy groups -OCH3 is 3. The summed E-state index contributed by atoms with van der Waals surface area (Å²) < 4.78 is 44.1. The van der Waals surface area contributed by atoms with Gasteiger partial charge in [0.15, 0.2) is 29.3 Å². The van der Waals surface area contributed by atoms with Crippen LogP contribution in [0.4, 0.5) is 0 Å². The van der Waals surface area contributed by atoms with Crippen LogP contribution in [0.25, 0.3) is 22.1 Å². The third-order valence-electron chi connectivity index (χ3n) is 7.99. The normalized spacial score (nSPS) is 31.4. The predicted octanol–water partition coefficient (Wildman–Crippen LogP) is -0.778. The molecule has 5 rings (SSSR count). The van der Waals surface area contributed by atoms with Gasteiger partial charge in [0.1, 0.15) is 60.0 Å². The molecule has 2 aliphatic rings. The van der Waals surface area contributed by atoms with Crippen LogP contribution in [0.1, 0.15) is 6.92 Å². The van der Waals surface area contributed by atoms with E-state index in [1.807, 2.05) is 0 Å². The lowest BCUT2D eigenvalue weighted by Crippen LogP contribution is -2.61. The Morgan fingerprint density at radius 2 is 1.43 bits per heavy atom. The van der Waals surface area contributed by atoms with Gasteiger partial charge in [0.05, 0.1) is 39.6 Å². The molecule has 1 aromatic heterocycles. The van der Waals surface area contributed by atoms with E-state index in [1.54, 1.807) is 18.2 Å². The first-order valence-corrected chi connectivity index (χ1v) is 14.2. The molecule has 16 nitrogen and oxygen atoms in total. The highest BCUT2D eigenvalue weighted by Crippen LogP contribution is 2.44. The lowest BCUT2D eigenvalue weighted by atomic mass is 9.98. The summed E-state index contributed by atoms with van der Waals surface area (Å²) in [5, 5.41) is 72.8. The van der Waals surface area contributed by atoms with Crippen molar-refractivity contribution in [2.45, 2.75) is 68.3 Å². The summed E-state index contributed by atoms with van der Waals surface area (Å²) in [7, 11) is 4.09. The van der Waals surface area contributed by atoms with Gasteiger partial charge in [0.2, 0.25) is 17.5 Å². The summed E-state index contributed by atoms with van der Waals surface area (Å²) in [6.45, 7) is 0.901. The van der Waals surface area contributed by atoms with Gasteiger partial charge in [-0.1, -0.05) is 6.07 Å². The Hall–Kier alpha value is -3.71. The van der Waals surface area contributed by atoms with Crippen molar-refractivity contribution in [3.63, 3.8) is 0 Å². The van der Waals surface area contributed by atoms with E-state index < -0.39 is 84.9 Å². The molecule has 0 aliphatic carbocycles. The molecule has 0 amide bonds. The Morgan fingerprint density at radius 1 is 0.761 bits per heavy atom. The molecule has 0 spiro atoms. The summed E-state index contributed by atoms with van der Waals surface area (Å²) in [5.41, 5.74) is -0.307. The molecule has 0 radical (unpaired) electrons. The zero-order chi connectivity index (χ0) is 33.4. The van der Waals surface area contributed by atoms with Gasteiger partial charge in [0.25, 0.3) is 0 Å². The van der Waals surface area contributed by atoms with Crippen LogP contribution < -0.4 is 24.4 Å². The Balaban J connectivity index is 1.48. The smallest absolute Gasteiger partial charge is 0.229 e. The molecule has 252 valence electrons. The van der Waals surface area contributed by atoms with Gasteiger partial charge in [-0.15, -0.1) is 0 Å². The van der Waals surface area contributed by atoms with E-state index in [1.165, 1.54) is 34.5 Å². The molecule has 2 aliphatic heterocycles. The second-order valence-electron chi connectivity index (χ2n) is 10.8. The number of ether oxygens (including phenoxy) is 7. The number of rotatable bonds is 9. The number of phenols is 1. The minimum atomic E-state index is -1.89. The van der Waals surface area contributed by atoms with Crippen LogP contribution in [0, 0.1) is 0 Å². The third kappa shape index (κ3) is 6.06. The Bertz CT molecular complexity index is 1590. The molecule has 10 atom stereocenters.